The molecule has 1 amide bonds. The van der Waals surface area contributed by atoms with Crippen LogP contribution >= 0.6 is 0 Å². The second-order valence-corrected chi connectivity index (χ2v) is 3.33. The maximum atomic E-state index is 11.0. The van der Waals surface area contributed by atoms with E-state index in [0.717, 1.165) is 17.0 Å². The van der Waals surface area contributed by atoms with E-state index in [1.165, 1.54) is 0 Å². The molecule has 0 aliphatic carbocycles. The molecule has 1 saturated heterocycles. The second-order valence-electron chi connectivity index (χ2n) is 3.33. The van der Waals surface area contributed by atoms with Crippen LogP contribution in [0.1, 0.15) is 5.56 Å². The summed E-state index contributed by atoms with van der Waals surface area (Å²) in [5.41, 5.74) is 1.16. The Morgan fingerprint density at radius 3 is 2.71 bits per heavy atom. The first-order valence-electron chi connectivity index (χ1n) is 4.52. The Morgan fingerprint density at radius 1 is 1.43 bits per heavy atom. The van der Waals surface area contributed by atoms with Gasteiger partial charge < -0.3 is 4.74 Å². The smallest absolute Gasteiger partial charge is 0.424 e. The molecule has 74 valence electrons. The molecule has 0 spiro atoms. The fourth-order valence-electron chi connectivity index (χ4n) is 1.51. The number of hydrazine groups is 1. The van der Waals surface area contributed by atoms with Gasteiger partial charge in [0.25, 0.3) is 0 Å². The molecule has 4 nitrogen and oxygen atoms in total. The van der Waals surface area contributed by atoms with E-state index >= 15 is 0 Å². The zero-order chi connectivity index (χ0) is 9.97. The molecule has 4 heteroatoms. The van der Waals surface area contributed by atoms with Gasteiger partial charge in [-0.05, 0) is 12.0 Å². The van der Waals surface area contributed by atoms with Gasteiger partial charge in [0, 0.05) is 0 Å². The van der Waals surface area contributed by atoms with Crippen molar-refractivity contribution in [2.45, 2.75) is 12.5 Å². The van der Waals surface area contributed by atoms with Crippen molar-refractivity contribution in [3.05, 3.63) is 35.9 Å². The summed E-state index contributed by atoms with van der Waals surface area (Å²) in [6, 6.07) is 9.87. The number of nitrogens with zero attached hydrogens (tertiary/aromatic N) is 1. The third-order valence-electron chi connectivity index (χ3n) is 2.32. The van der Waals surface area contributed by atoms with Crippen molar-refractivity contribution >= 4 is 6.09 Å². The lowest BCUT2D eigenvalue weighted by Crippen LogP contribution is -2.40. The number of ether oxygens (including phenoxy) is 1. The molecule has 1 aliphatic rings. The normalized spacial score (nSPS) is 21.1. The van der Waals surface area contributed by atoms with Crippen LogP contribution < -0.4 is 5.84 Å². The fraction of sp³-hybridized carbons (Fsp3) is 0.300. The van der Waals surface area contributed by atoms with Crippen molar-refractivity contribution < 1.29 is 9.53 Å². The number of hydrogen-bond donors (Lipinski definition) is 1. The molecular formula is C10H12N2O2. The average Bonchev–Trinajstić information content (AvgIpc) is 2.52. The molecule has 0 aromatic heterocycles. The van der Waals surface area contributed by atoms with Crippen molar-refractivity contribution in [2.75, 3.05) is 6.61 Å². The van der Waals surface area contributed by atoms with Crippen molar-refractivity contribution in [3.63, 3.8) is 0 Å². The first kappa shape index (κ1) is 9.02. The molecule has 1 aliphatic heterocycles. The fourth-order valence-corrected chi connectivity index (χ4v) is 1.51. The molecule has 0 radical (unpaired) electrons. The van der Waals surface area contributed by atoms with Crippen LogP contribution in [0.25, 0.3) is 0 Å². The van der Waals surface area contributed by atoms with Gasteiger partial charge in [-0.3, -0.25) is 0 Å². The van der Waals surface area contributed by atoms with Gasteiger partial charge in [-0.2, -0.15) is 0 Å². The first-order chi connectivity index (χ1) is 6.77. The summed E-state index contributed by atoms with van der Waals surface area (Å²) in [5, 5.41) is 1.16. The highest BCUT2D eigenvalue weighted by Gasteiger charge is 2.30. The largest absolute Gasteiger partial charge is 0.446 e. The van der Waals surface area contributed by atoms with E-state index in [4.69, 9.17) is 10.6 Å². The van der Waals surface area contributed by atoms with E-state index in [9.17, 15) is 4.79 Å². The summed E-state index contributed by atoms with van der Waals surface area (Å²) in [6.45, 7) is 0.379. The summed E-state index contributed by atoms with van der Waals surface area (Å²) in [4.78, 5) is 11.0. The van der Waals surface area contributed by atoms with Gasteiger partial charge in [-0.15, -0.1) is 0 Å². The number of carbonyl (C=O) groups excluding carboxylic acids is 1. The van der Waals surface area contributed by atoms with Crippen molar-refractivity contribution in [2.24, 2.45) is 5.84 Å². The molecule has 0 bridgehead atoms. The van der Waals surface area contributed by atoms with E-state index in [1.54, 1.807) is 0 Å². The summed E-state index contributed by atoms with van der Waals surface area (Å²) < 4.78 is 4.81. The number of benzene rings is 1. The van der Waals surface area contributed by atoms with Crippen LogP contribution in [0.3, 0.4) is 0 Å². The van der Waals surface area contributed by atoms with Gasteiger partial charge in [0.2, 0.25) is 0 Å². The predicted molar refractivity (Wildman–Crippen MR) is 51.3 cm³/mol. The Labute approximate surface area is 82.2 Å². The number of nitrogens with two attached hydrogens (primary N) is 1. The second kappa shape index (κ2) is 3.67. The maximum absolute atomic E-state index is 11.0. The SMILES string of the molecule is NN1C(=O)OC[C@@H]1Cc1ccccc1. The quantitative estimate of drug-likeness (QED) is 0.560. The number of carbonyl (C=O) groups is 1. The number of cyclic esters (lactones) is 1. The lowest BCUT2D eigenvalue weighted by Gasteiger charge is -2.14. The molecule has 2 rings (SSSR count). The summed E-state index contributed by atoms with van der Waals surface area (Å²) in [7, 11) is 0. The van der Waals surface area contributed by atoms with Gasteiger partial charge in [0.15, 0.2) is 0 Å². The summed E-state index contributed by atoms with van der Waals surface area (Å²) in [6.07, 6.45) is 0.300. The number of rotatable bonds is 2. The van der Waals surface area contributed by atoms with E-state index < -0.39 is 6.09 Å². The standard InChI is InChI=1S/C10H12N2O2/c11-12-9(7-14-10(12)13)6-8-4-2-1-3-5-8/h1-5,9H,6-7,11H2/t9-/m0/s1. The highest BCUT2D eigenvalue weighted by Crippen LogP contribution is 2.13. The van der Waals surface area contributed by atoms with Gasteiger partial charge in [0.1, 0.15) is 6.61 Å². The van der Waals surface area contributed by atoms with Crippen LogP contribution in [-0.2, 0) is 11.2 Å². The van der Waals surface area contributed by atoms with Crippen LogP contribution in [0, 0.1) is 0 Å². The Bertz CT molecular complexity index is 326. The van der Waals surface area contributed by atoms with E-state index in [0.29, 0.717) is 6.61 Å². The summed E-state index contributed by atoms with van der Waals surface area (Å²) >= 11 is 0. The van der Waals surface area contributed by atoms with Crippen LogP contribution in [0.4, 0.5) is 4.79 Å². The molecular weight excluding hydrogens is 180 g/mol. The molecule has 1 aromatic rings. The summed E-state index contributed by atoms with van der Waals surface area (Å²) in [5.74, 6) is 5.53. The minimum Gasteiger partial charge on any atom is -0.446 e. The maximum Gasteiger partial charge on any atom is 0.424 e. The van der Waals surface area contributed by atoms with Gasteiger partial charge >= 0.3 is 6.09 Å². The monoisotopic (exact) mass is 192 g/mol. The van der Waals surface area contributed by atoms with Gasteiger partial charge in [0.05, 0.1) is 6.04 Å². The molecule has 1 fully saturated rings. The average molecular weight is 192 g/mol. The highest BCUT2D eigenvalue weighted by atomic mass is 16.6. The van der Waals surface area contributed by atoms with Crippen LogP contribution in [0.15, 0.2) is 30.3 Å². The minimum absolute atomic E-state index is 0.0371. The zero-order valence-corrected chi connectivity index (χ0v) is 7.72. The van der Waals surface area contributed by atoms with Crippen LogP contribution in [-0.4, -0.2) is 23.8 Å². The zero-order valence-electron chi connectivity index (χ0n) is 7.72. The van der Waals surface area contributed by atoms with E-state index in [2.05, 4.69) is 0 Å². The van der Waals surface area contributed by atoms with E-state index in [1.807, 2.05) is 30.3 Å². The Morgan fingerprint density at radius 2 is 2.14 bits per heavy atom. The molecule has 14 heavy (non-hydrogen) atoms. The van der Waals surface area contributed by atoms with Crippen molar-refractivity contribution in [3.8, 4) is 0 Å². The van der Waals surface area contributed by atoms with Crippen LogP contribution in [0.2, 0.25) is 0 Å². The first-order valence-corrected chi connectivity index (χ1v) is 4.52. The highest BCUT2D eigenvalue weighted by molar-refractivity contribution is 5.69. The molecule has 2 N–H and O–H groups in total. The lowest BCUT2D eigenvalue weighted by molar-refractivity contribution is 0.158. The van der Waals surface area contributed by atoms with Crippen molar-refractivity contribution in [1.82, 2.24) is 5.01 Å². The number of hydrogen-bond acceptors (Lipinski definition) is 3. The minimum atomic E-state index is -0.439. The molecule has 1 atom stereocenters. The van der Waals surface area contributed by atoms with Gasteiger partial charge in [-0.1, -0.05) is 30.3 Å². The molecule has 0 unspecified atom stereocenters. The predicted octanol–water partition coefficient (Wildman–Crippen LogP) is 0.924. The lowest BCUT2D eigenvalue weighted by atomic mass is 10.1. The topological polar surface area (TPSA) is 55.6 Å². The van der Waals surface area contributed by atoms with Gasteiger partial charge in [-0.25, -0.2) is 15.6 Å². The molecule has 1 aromatic carbocycles. The Kier molecular flexibility index (Phi) is 2.37. The third-order valence-corrected chi connectivity index (χ3v) is 2.32. The molecule has 1 heterocycles. The van der Waals surface area contributed by atoms with Crippen LogP contribution in [0.5, 0.6) is 0 Å². The van der Waals surface area contributed by atoms with E-state index in [-0.39, 0.29) is 6.04 Å². The van der Waals surface area contributed by atoms with Crippen molar-refractivity contribution in [1.29, 1.82) is 0 Å². The molecule has 0 saturated carbocycles. The Balaban J connectivity index is 2.02. The number of amides is 1. The third kappa shape index (κ3) is 1.70. The Hall–Kier alpha value is -1.55.